The van der Waals surface area contributed by atoms with E-state index in [2.05, 4.69) is 9.97 Å². The molecule has 6 nitrogen and oxygen atoms in total. The van der Waals surface area contributed by atoms with Crippen molar-refractivity contribution in [2.45, 2.75) is 24.5 Å². The summed E-state index contributed by atoms with van der Waals surface area (Å²) in [5, 5.41) is 0. The normalized spacial score (nSPS) is 28.2. The van der Waals surface area contributed by atoms with Gasteiger partial charge in [0.05, 0.1) is 6.20 Å². The Labute approximate surface area is 98.6 Å². The van der Waals surface area contributed by atoms with Crippen molar-refractivity contribution in [3.8, 4) is 0 Å². The summed E-state index contributed by atoms with van der Waals surface area (Å²) < 4.78 is 7.22. The molecule has 0 spiro atoms. The molecule has 0 unspecified atom stereocenters. The first-order chi connectivity index (χ1) is 8.13. The van der Waals surface area contributed by atoms with Gasteiger partial charge in [0.25, 0.3) is 0 Å². The van der Waals surface area contributed by atoms with Gasteiger partial charge < -0.3 is 16.2 Å². The Morgan fingerprint density at radius 2 is 2.24 bits per heavy atom. The fourth-order valence-corrected chi connectivity index (χ4v) is 2.39. The molecule has 90 valence electrons. The third kappa shape index (κ3) is 1.49. The van der Waals surface area contributed by atoms with Crippen molar-refractivity contribution in [2.75, 3.05) is 12.8 Å². The lowest BCUT2D eigenvalue weighted by Gasteiger charge is -2.42. The number of ether oxygens (including phenoxy) is 1. The minimum absolute atomic E-state index is 0.323. The molecule has 1 aliphatic carbocycles. The number of hydrogen-bond acceptors (Lipinski definition) is 5. The molecule has 0 aromatic carbocycles. The maximum atomic E-state index is 5.98. The molecule has 0 bridgehead atoms. The van der Waals surface area contributed by atoms with Crippen molar-refractivity contribution in [1.82, 2.24) is 14.4 Å². The lowest BCUT2D eigenvalue weighted by Crippen LogP contribution is -2.52. The Balaban J connectivity index is 1.96. The molecule has 2 aromatic rings. The summed E-state index contributed by atoms with van der Waals surface area (Å²) in [7, 11) is 1.64. The molecule has 0 amide bonds. The highest BCUT2D eigenvalue weighted by Crippen LogP contribution is 2.43. The molecule has 1 saturated carbocycles. The fourth-order valence-electron chi connectivity index (χ4n) is 2.39. The third-order valence-corrected chi connectivity index (χ3v) is 3.47. The zero-order valence-corrected chi connectivity index (χ0v) is 9.63. The average Bonchev–Trinajstić information content (AvgIpc) is 2.70. The van der Waals surface area contributed by atoms with Gasteiger partial charge in [0, 0.05) is 25.4 Å². The summed E-state index contributed by atoms with van der Waals surface area (Å²) in [5.41, 5.74) is 12.1. The largest absolute Gasteiger partial charge is 0.382 e. The van der Waals surface area contributed by atoms with Crippen molar-refractivity contribution in [3.05, 3.63) is 24.4 Å². The summed E-state index contributed by atoms with van der Waals surface area (Å²) in [5.74, 6) is 1.80. The molecule has 0 radical (unpaired) electrons. The van der Waals surface area contributed by atoms with Crippen LogP contribution >= 0.6 is 0 Å². The third-order valence-electron chi connectivity index (χ3n) is 3.47. The highest BCUT2D eigenvalue weighted by Gasteiger charge is 2.43. The van der Waals surface area contributed by atoms with Gasteiger partial charge in [-0.25, -0.2) is 9.97 Å². The molecule has 0 atom stereocenters. The van der Waals surface area contributed by atoms with E-state index in [1.54, 1.807) is 19.5 Å². The fraction of sp³-hybridized carbons (Fsp3) is 0.455. The zero-order valence-electron chi connectivity index (χ0n) is 9.63. The van der Waals surface area contributed by atoms with Crippen molar-refractivity contribution < 1.29 is 4.74 Å². The van der Waals surface area contributed by atoms with Gasteiger partial charge in [-0.3, -0.25) is 4.40 Å². The molecule has 17 heavy (non-hydrogen) atoms. The second kappa shape index (κ2) is 3.41. The van der Waals surface area contributed by atoms with Crippen LogP contribution in [0.2, 0.25) is 0 Å². The van der Waals surface area contributed by atoms with E-state index in [0.717, 1.165) is 24.2 Å². The van der Waals surface area contributed by atoms with Crippen LogP contribution in [0.5, 0.6) is 0 Å². The summed E-state index contributed by atoms with van der Waals surface area (Å²) >= 11 is 0. The van der Waals surface area contributed by atoms with Crippen LogP contribution in [0.3, 0.4) is 0 Å². The predicted octanol–water partition coefficient (Wildman–Crippen LogP) is 0.490. The molecule has 0 saturated heterocycles. The first-order valence-electron chi connectivity index (χ1n) is 5.54. The number of nitrogen functional groups attached to an aromatic ring is 1. The number of methoxy groups -OCH3 is 1. The highest BCUT2D eigenvalue weighted by atomic mass is 16.5. The second-order valence-corrected chi connectivity index (χ2v) is 4.56. The maximum Gasteiger partial charge on any atom is 0.149 e. The monoisotopic (exact) mass is 233 g/mol. The van der Waals surface area contributed by atoms with Gasteiger partial charge >= 0.3 is 0 Å². The number of imidazole rings is 1. The topological polar surface area (TPSA) is 91.5 Å². The quantitative estimate of drug-likeness (QED) is 0.736. The first-order valence-corrected chi connectivity index (χ1v) is 5.54. The van der Waals surface area contributed by atoms with E-state index in [0.29, 0.717) is 11.7 Å². The van der Waals surface area contributed by atoms with Gasteiger partial charge in [0.15, 0.2) is 0 Å². The van der Waals surface area contributed by atoms with E-state index >= 15 is 0 Å². The van der Waals surface area contributed by atoms with Gasteiger partial charge in [-0.2, -0.15) is 0 Å². The maximum absolute atomic E-state index is 5.98. The number of fused-ring (bicyclic) bond motifs is 1. The Hall–Kier alpha value is -1.66. The SMILES string of the molecule is COC1(N)CC(c2ncc3c(N)nccn23)C1. The number of hydrogen-bond donors (Lipinski definition) is 2. The van der Waals surface area contributed by atoms with E-state index in [1.165, 1.54) is 0 Å². The van der Waals surface area contributed by atoms with Gasteiger partial charge in [-0.1, -0.05) is 0 Å². The van der Waals surface area contributed by atoms with Crippen LogP contribution in [-0.4, -0.2) is 27.2 Å². The van der Waals surface area contributed by atoms with Crippen LogP contribution in [0.15, 0.2) is 18.6 Å². The van der Waals surface area contributed by atoms with Gasteiger partial charge in [0.1, 0.15) is 22.9 Å². The van der Waals surface area contributed by atoms with Crippen molar-refractivity contribution >= 4 is 11.3 Å². The Morgan fingerprint density at radius 1 is 1.47 bits per heavy atom. The molecular formula is C11H15N5O. The molecule has 6 heteroatoms. The summed E-state index contributed by atoms with van der Waals surface area (Å²) in [4.78, 5) is 8.45. The lowest BCUT2D eigenvalue weighted by molar-refractivity contribution is -0.0811. The van der Waals surface area contributed by atoms with E-state index in [1.807, 2.05) is 10.6 Å². The second-order valence-electron chi connectivity index (χ2n) is 4.56. The Morgan fingerprint density at radius 3 is 2.94 bits per heavy atom. The van der Waals surface area contributed by atoms with Gasteiger partial charge in [-0.05, 0) is 12.8 Å². The van der Waals surface area contributed by atoms with Crippen LogP contribution in [0, 0.1) is 0 Å². The summed E-state index contributed by atoms with van der Waals surface area (Å²) in [6.07, 6.45) is 6.87. The Kier molecular flexibility index (Phi) is 2.11. The van der Waals surface area contributed by atoms with E-state index in [-0.39, 0.29) is 0 Å². The molecular weight excluding hydrogens is 218 g/mol. The summed E-state index contributed by atoms with van der Waals surface area (Å²) in [6.45, 7) is 0. The standard InChI is InChI=1S/C11H15N5O/c1-17-11(13)4-7(5-11)10-15-6-8-9(12)14-2-3-16(8)10/h2-3,6-7H,4-5,13H2,1H3,(H2,12,14). The van der Waals surface area contributed by atoms with Crippen LogP contribution in [0.4, 0.5) is 5.82 Å². The van der Waals surface area contributed by atoms with Crippen molar-refractivity contribution in [1.29, 1.82) is 0 Å². The molecule has 1 fully saturated rings. The number of nitrogens with two attached hydrogens (primary N) is 2. The van der Waals surface area contributed by atoms with Crippen molar-refractivity contribution in [3.63, 3.8) is 0 Å². The van der Waals surface area contributed by atoms with Crippen LogP contribution < -0.4 is 11.5 Å². The zero-order chi connectivity index (χ0) is 12.0. The van der Waals surface area contributed by atoms with Crippen LogP contribution in [0.25, 0.3) is 5.52 Å². The minimum atomic E-state index is -0.491. The van der Waals surface area contributed by atoms with Crippen LogP contribution in [0.1, 0.15) is 24.6 Å². The van der Waals surface area contributed by atoms with E-state index in [9.17, 15) is 0 Å². The smallest absolute Gasteiger partial charge is 0.149 e. The molecule has 4 N–H and O–H groups in total. The van der Waals surface area contributed by atoms with Crippen LogP contribution in [-0.2, 0) is 4.74 Å². The number of anilines is 1. The number of rotatable bonds is 2. The van der Waals surface area contributed by atoms with Crippen molar-refractivity contribution in [2.24, 2.45) is 5.73 Å². The van der Waals surface area contributed by atoms with Gasteiger partial charge in [0.2, 0.25) is 0 Å². The highest BCUT2D eigenvalue weighted by molar-refractivity contribution is 5.64. The molecule has 2 aromatic heterocycles. The number of nitrogens with zero attached hydrogens (tertiary/aromatic N) is 3. The first kappa shape index (κ1) is 10.5. The molecule has 0 aliphatic heterocycles. The predicted molar refractivity (Wildman–Crippen MR) is 63.3 cm³/mol. The molecule has 3 rings (SSSR count). The van der Waals surface area contributed by atoms with Gasteiger partial charge in [-0.15, -0.1) is 0 Å². The summed E-state index contributed by atoms with van der Waals surface area (Å²) in [6, 6.07) is 0. The Bertz CT molecular complexity index is 558. The lowest BCUT2D eigenvalue weighted by atomic mass is 9.76. The minimum Gasteiger partial charge on any atom is -0.382 e. The number of aromatic nitrogens is 3. The van der Waals surface area contributed by atoms with E-state index < -0.39 is 5.72 Å². The van der Waals surface area contributed by atoms with E-state index in [4.69, 9.17) is 16.2 Å². The molecule has 1 aliphatic rings. The molecule has 2 heterocycles. The average molecular weight is 233 g/mol.